The molecule has 0 spiro atoms. The number of ether oxygens (including phenoxy) is 2. The first-order valence-electron chi connectivity index (χ1n) is 10.3. The van der Waals surface area contributed by atoms with Gasteiger partial charge >= 0.3 is 23.9 Å². The Labute approximate surface area is 210 Å². The zero-order valence-electron chi connectivity index (χ0n) is 19.2. The minimum absolute atomic E-state index is 0. The van der Waals surface area contributed by atoms with Crippen molar-refractivity contribution in [3.05, 3.63) is 58.7 Å². The topological polar surface area (TPSA) is 127 Å². The second-order valence-electron chi connectivity index (χ2n) is 7.38. The van der Waals surface area contributed by atoms with Crippen LogP contribution in [0.1, 0.15) is 82.0 Å². The number of halogens is 2. The molecule has 0 radical (unpaired) electrons. The molecule has 0 aliphatic carbocycles. The molecule has 0 aromatic heterocycles. The van der Waals surface area contributed by atoms with Gasteiger partial charge in [-0.25, -0.2) is 19.2 Å². The molecule has 0 fully saturated rings. The fourth-order valence-electron chi connectivity index (χ4n) is 2.82. The molecule has 0 aliphatic rings. The zero-order valence-corrected chi connectivity index (χ0v) is 20.8. The van der Waals surface area contributed by atoms with Gasteiger partial charge in [0.05, 0.1) is 34.5 Å². The van der Waals surface area contributed by atoms with Crippen molar-refractivity contribution in [3.63, 3.8) is 0 Å². The molecular weight excluding hydrogens is 487 g/mol. The SMILES string of the molecule is CCC(C)OC(=O)c1cc(-c2ccc(C(=O)O)c(C(=O)OC(C)CC)c2)ccc1C(=O)O.Cl.Cl. The highest BCUT2D eigenvalue weighted by Crippen LogP contribution is 2.27. The quantitative estimate of drug-likeness (QED) is 0.419. The van der Waals surface area contributed by atoms with E-state index in [1.54, 1.807) is 13.8 Å². The summed E-state index contributed by atoms with van der Waals surface area (Å²) in [6, 6.07) is 8.20. The summed E-state index contributed by atoms with van der Waals surface area (Å²) in [5.74, 6) is -4.13. The highest BCUT2D eigenvalue weighted by molar-refractivity contribution is 6.05. The fraction of sp³-hybridized carbons (Fsp3) is 0.333. The molecule has 186 valence electrons. The highest BCUT2D eigenvalue weighted by Gasteiger charge is 2.23. The summed E-state index contributed by atoms with van der Waals surface area (Å²) in [5.41, 5.74) is 0.116. The number of carbonyl (C=O) groups is 4. The van der Waals surface area contributed by atoms with Gasteiger partial charge in [-0.15, -0.1) is 24.8 Å². The van der Waals surface area contributed by atoms with E-state index in [9.17, 15) is 29.4 Å². The van der Waals surface area contributed by atoms with Crippen LogP contribution in [0.15, 0.2) is 36.4 Å². The van der Waals surface area contributed by atoms with Gasteiger partial charge in [0.2, 0.25) is 0 Å². The van der Waals surface area contributed by atoms with Gasteiger partial charge in [0, 0.05) is 0 Å². The van der Waals surface area contributed by atoms with Crippen LogP contribution in [-0.2, 0) is 9.47 Å². The van der Waals surface area contributed by atoms with Gasteiger partial charge in [0.1, 0.15) is 0 Å². The average Bonchev–Trinajstić information content (AvgIpc) is 2.77. The third-order valence-electron chi connectivity index (χ3n) is 5.04. The number of hydrogen-bond acceptors (Lipinski definition) is 6. The van der Waals surface area contributed by atoms with Crippen LogP contribution in [0.2, 0.25) is 0 Å². The lowest BCUT2D eigenvalue weighted by Crippen LogP contribution is -2.18. The number of carbonyl (C=O) groups excluding carboxylic acids is 2. The van der Waals surface area contributed by atoms with E-state index >= 15 is 0 Å². The van der Waals surface area contributed by atoms with Crippen molar-refractivity contribution in [2.24, 2.45) is 0 Å². The number of carboxylic acid groups (broad SMARTS) is 2. The lowest BCUT2D eigenvalue weighted by atomic mass is 9.95. The van der Waals surface area contributed by atoms with Gasteiger partial charge in [-0.05, 0) is 62.1 Å². The second kappa shape index (κ2) is 13.6. The van der Waals surface area contributed by atoms with Crippen molar-refractivity contribution >= 4 is 48.7 Å². The maximum atomic E-state index is 12.6. The molecule has 2 aromatic carbocycles. The standard InChI is InChI=1S/C24H26O8.2ClH/c1-5-13(3)31-23(29)19-11-15(7-9-17(19)21(25)26)16-8-10-18(22(27)28)20(12-16)24(30)32-14(4)6-2;;/h7-14H,5-6H2,1-4H3,(H,25,26)(H,27,28);2*1H. The molecule has 34 heavy (non-hydrogen) atoms. The van der Waals surface area contributed by atoms with E-state index in [-0.39, 0.29) is 47.1 Å². The molecule has 10 heteroatoms. The van der Waals surface area contributed by atoms with E-state index in [2.05, 4.69) is 0 Å². The van der Waals surface area contributed by atoms with Crippen LogP contribution in [0, 0.1) is 0 Å². The summed E-state index contributed by atoms with van der Waals surface area (Å²) in [7, 11) is 0. The highest BCUT2D eigenvalue weighted by atomic mass is 35.5. The zero-order chi connectivity index (χ0) is 24.0. The van der Waals surface area contributed by atoms with Gasteiger partial charge in [-0.1, -0.05) is 26.0 Å². The Morgan fingerprint density at radius 3 is 1.26 bits per heavy atom. The normalized spacial score (nSPS) is 11.8. The second-order valence-corrected chi connectivity index (χ2v) is 7.38. The number of benzene rings is 2. The molecule has 0 saturated carbocycles. The minimum atomic E-state index is -1.29. The lowest BCUT2D eigenvalue weighted by Gasteiger charge is -2.15. The summed E-state index contributed by atoms with van der Waals surface area (Å²) >= 11 is 0. The molecule has 0 aliphatic heterocycles. The predicted octanol–water partition coefficient (Wildman–Crippen LogP) is 5.50. The first-order valence-corrected chi connectivity index (χ1v) is 10.3. The molecular formula is C24H28Cl2O8. The molecule has 2 unspecified atom stereocenters. The van der Waals surface area contributed by atoms with E-state index in [0.29, 0.717) is 24.0 Å². The summed E-state index contributed by atoms with van der Waals surface area (Å²) < 4.78 is 10.6. The Bertz CT molecular complexity index is 968. The monoisotopic (exact) mass is 514 g/mol. The first-order chi connectivity index (χ1) is 15.1. The molecule has 2 rings (SSSR count). The number of aromatic carboxylic acids is 2. The maximum Gasteiger partial charge on any atom is 0.339 e. The molecule has 8 nitrogen and oxygen atoms in total. The van der Waals surface area contributed by atoms with Gasteiger partial charge in [0.15, 0.2) is 0 Å². The van der Waals surface area contributed by atoms with E-state index in [1.807, 2.05) is 13.8 Å². The minimum Gasteiger partial charge on any atom is -0.478 e. The van der Waals surface area contributed by atoms with Crippen molar-refractivity contribution < 1.29 is 38.9 Å². The van der Waals surface area contributed by atoms with Crippen LogP contribution in [0.3, 0.4) is 0 Å². The van der Waals surface area contributed by atoms with E-state index in [1.165, 1.54) is 36.4 Å². The Morgan fingerprint density at radius 2 is 1.00 bits per heavy atom. The van der Waals surface area contributed by atoms with E-state index < -0.39 is 36.1 Å². The van der Waals surface area contributed by atoms with Crippen molar-refractivity contribution in [2.75, 3.05) is 0 Å². The van der Waals surface area contributed by atoms with Gasteiger partial charge < -0.3 is 19.7 Å². The van der Waals surface area contributed by atoms with Gasteiger partial charge in [0.25, 0.3) is 0 Å². The number of rotatable bonds is 9. The third kappa shape index (κ3) is 7.46. The molecule has 0 amide bonds. The molecule has 0 heterocycles. The summed E-state index contributed by atoms with van der Waals surface area (Å²) in [4.78, 5) is 48.3. The largest absolute Gasteiger partial charge is 0.478 e. The van der Waals surface area contributed by atoms with Crippen LogP contribution in [0.25, 0.3) is 11.1 Å². The maximum absolute atomic E-state index is 12.6. The van der Waals surface area contributed by atoms with Crippen LogP contribution >= 0.6 is 24.8 Å². The van der Waals surface area contributed by atoms with Gasteiger partial charge in [-0.2, -0.15) is 0 Å². The average molecular weight is 515 g/mol. The first kappa shape index (κ1) is 30.9. The number of esters is 2. The van der Waals surface area contributed by atoms with Crippen molar-refractivity contribution in [3.8, 4) is 11.1 Å². The van der Waals surface area contributed by atoms with Crippen LogP contribution in [0.5, 0.6) is 0 Å². The smallest absolute Gasteiger partial charge is 0.339 e. The van der Waals surface area contributed by atoms with E-state index in [0.717, 1.165) is 0 Å². The van der Waals surface area contributed by atoms with Crippen LogP contribution < -0.4 is 0 Å². The molecule has 2 atom stereocenters. The fourth-order valence-corrected chi connectivity index (χ4v) is 2.82. The van der Waals surface area contributed by atoms with Crippen LogP contribution in [-0.4, -0.2) is 46.3 Å². The summed E-state index contributed by atoms with van der Waals surface area (Å²) in [5, 5.41) is 18.9. The Balaban J connectivity index is 0.00000544. The molecule has 2 N–H and O–H groups in total. The molecule has 0 bridgehead atoms. The van der Waals surface area contributed by atoms with Crippen LogP contribution in [0.4, 0.5) is 0 Å². The molecule has 2 aromatic rings. The Kier molecular flexibility index (Phi) is 12.3. The van der Waals surface area contributed by atoms with Crippen molar-refractivity contribution in [2.45, 2.75) is 52.7 Å². The summed E-state index contributed by atoms with van der Waals surface area (Å²) in [6.45, 7) is 7.05. The Hall–Kier alpha value is -3.10. The Morgan fingerprint density at radius 1 is 0.676 bits per heavy atom. The third-order valence-corrected chi connectivity index (χ3v) is 5.04. The summed E-state index contributed by atoms with van der Waals surface area (Å²) in [6.07, 6.45) is 0.326. The van der Waals surface area contributed by atoms with E-state index in [4.69, 9.17) is 9.47 Å². The lowest BCUT2D eigenvalue weighted by molar-refractivity contribution is 0.0320. The predicted molar refractivity (Wildman–Crippen MR) is 131 cm³/mol. The van der Waals surface area contributed by atoms with Crippen molar-refractivity contribution in [1.82, 2.24) is 0 Å². The van der Waals surface area contributed by atoms with Crippen molar-refractivity contribution in [1.29, 1.82) is 0 Å². The molecule has 0 saturated heterocycles. The number of hydrogen-bond donors (Lipinski definition) is 2. The number of carboxylic acids is 2. The van der Waals surface area contributed by atoms with Gasteiger partial charge in [-0.3, -0.25) is 0 Å².